The van der Waals surface area contributed by atoms with Crippen LogP contribution in [0.2, 0.25) is 0 Å². The molecule has 0 bridgehead atoms. The maximum atomic E-state index is 12.5. The molecule has 0 N–H and O–H groups in total. The lowest BCUT2D eigenvalue weighted by atomic mass is 9.87. The van der Waals surface area contributed by atoms with Gasteiger partial charge in [0.1, 0.15) is 5.41 Å². The molecule has 1 amide bonds. The van der Waals surface area contributed by atoms with E-state index in [-0.39, 0.29) is 5.91 Å². The quantitative estimate of drug-likeness (QED) is 0.747. The van der Waals surface area contributed by atoms with Crippen molar-refractivity contribution in [2.24, 2.45) is 5.41 Å². The van der Waals surface area contributed by atoms with E-state index in [0.717, 1.165) is 26.1 Å². The van der Waals surface area contributed by atoms with Crippen molar-refractivity contribution in [3.63, 3.8) is 0 Å². The number of fused-ring (bicyclic) bond motifs is 1. The molecule has 100 valence electrons. The third-order valence-electron chi connectivity index (χ3n) is 4.52. The number of carbonyl (C=O) groups excluding carboxylic acids is 1. The number of carbonyl (C=O) groups is 1. The molecular weight excluding hydrogens is 226 g/mol. The molecule has 0 radical (unpaired) electrons. The fourth-order valence-electron chi connectivity index (χ4n) is 3.02. The van der Waals surface area contributed by atoms with E-state index in [9.17, 15) is 10.1 Å². The van der Waals surface area contributed by atoms with Crippen LogP contribution in [0.15, 0.2) is 0 Å². The third kappa shape index (κ3) is 2.37. The van der Waals surface area contributed by atoms with Crippen LogP contribution in [0.4, 0.5) is 0 Å². The summed E-state index contributed by atoms with van der Waals surface area (Å²) >= 11 is 0. The van der Waals surface area contributed by atoms with Gasteiger partial charge in [0.25, 0.3) is 0 Å². The highest BCUT2D eigenvalue weighted by molar-refractivity contribution is 5.85. The molecule has 4 nitrogen and oxygen atoms in total. The first-order valence-corrected chi connectivity index (χ1v) is 7.05. The normalized spacial score (nSPS) is 28.1. The Morgan fingerprint density at radius 3 is 2.78 bits per heavy atom. The van der Waals surface area contributed by atoms with E-state index in [2.05, 4.69) is 11.0 Å². The van der Waals surface area contributed by atoms with Crippen molar-refractivity contribution in [3.05, 3.63) is 0 Å². The summed E-state index contributed by atoms with van der Waals surface area (Å²) < 4.78 is 0. The summed E-state index contributed by atoms with van der Waals surface area (Å²) in [6.07, 6.45) is 4.07. The summed E-state index contributed by atoms with van der Waals surface area (Å²) in [6.45, 7) is 7.59. The lowest BCUT2D eigenvalue weighted by molar-refractivity contribution is -0.138. The minimum absolute atomic E-state index is 0.0289. The maximum Gasteiger partial charge on any atom is 0.242 e. The molecule has 0 aromatic heterocycles. The number of hydrogen-bond donors (Lipinski definition) is 0. The van der Waals surface area contributed by atoms with Gasteiger partial charge in [0.2, 0.25) is 5.91 Å². The predicted octanol–water partition coefficient (Wildman–Crippen LogP) is 1.62. The lowest BCUT2D eigenvalue weighted by Gasteiger charge is -2.30. The zero-order chi connectivity index (χ0) is 13.2. The molecule has 0 aliphatic carbocycles. The second kappa shape index (κ2) is 5.27. The van der Waals surface area contributed by atoms with Crippen LogP contribution in [-0.2, 0) is 4.79 Å². The van der Waals surface area contributed by atoms with Crippen LogP contribution in [0.25, 0.3) is 0 Å². The molecule has 2 atom stereocenters. The molecule has 2 saturated heterocycles. The van der Waals surface area contributed by atoms with Crippen LogP contribution in [-0.4, -0.2) is 47.9 Å². The molecule has 2 unspecified atom stereocenters. The van der Waals surface area contributed by atoms with Crippen LogP contribution in [0.3, 0.4) is 0 Å². The topological polar surface area (TPSA) is 47.3 Å². The summed E-state index contributed by atoms with van der Waals surface area (Å²) in [5.74, 6) is 0.0289. The SMILES string of the molecule is CCC(C)(C#N)C(=O)N1CCCN2CCCC2C1. The van der Waals surface area contributed by atoms with Crippen molar-refractivity contribution in [1.82, 2.24) is 9.80 Å². The van der Waals surface area contributed by atoms with Gasteiger partial charge in [0, 0.05) is 25.7 Å². The Hall–Kier alpha value is -1.08. The van der Waals surface area contributed by atoms with Gasteiger partial charge in [-0.15, -0.1) is 0 Å². The largest absolute Gasteiger partial charge is 0.340 e. The zero-order valence-corrected chi connectivity index (χ0v) is 11.5. The van der Waals surface area contributed by atoms with Crippen molar-refractivity contribution in [2.75, 3.05) is 26.2 Å². The number of hydrogen-bond acceptors (Lipinski definition) is 3. The van der Waals surface area contributed by atoms with Crippen molar-refractivity contribution < 1.29 is 4.79 Å². The van der Waals surface area contributed by atoms with Crippen molar-refractivity contribution in [2.45, 2.75) is 45.6 Å². The molecular formula is C14H23N3O. The third-order valence-corrected chi connectivity index (χ3v) is 4.52. The Morgan fingerprint density at radius 2 is 2.11 bits per heavy atom. The zero-order valence-electron chi connectivity index (χ0n) is 11.5. The van der Waals surface area contributed by atoms with E-state index in [1.807, 2.05) is 11.8 Å². The highest BCUT2D eigenvalue weighted by Gasteiger charge is 2.38. The predicted molar refractivity (Wildman–Crippen MR) is 69.8 cm³/mol. The van der Waals surface area contributed by atoms with E-state index in [1.165, 1.54) is 19.4 Å². The van der Waals surface area contributed by atoms with Gasteiger partial charge < -0.3 is 4.90 Å². The number of amides is 1. The van der Waals surface area contributed by atoms with Gasteiger partial charge in [-0.3, -0.25) is 9.69 Å². The van der Waals surface area contributed by atoms with Crippen molar-refractivity contribution in [1.29, 1.82) is 5.26 Å². The number of rotatable bonds is 2. The van der Waals surface area contributed by atoms with Crippen molar-refractivity contribution in [3.8, 4) is 6.07 Å². The van der Waals surface area contributed by atoms with Crippen LogP contribution in [0, 0.1) is 16.7 Å². The Bertz CT molecular complexity index is 363. The molecule has 2 aliphatic heterocycles. The second-order valence-corrected chi connectivity index (χ2v) is 5.73. The van der Waals surface area contributed by atoms with Gasteiger partial charge in [-0.05, 0) is 39.2 Å². The highest BCUT2D eigenvalue weighted by atomic mass is 16.2. The van der Waals surface area contributed by atoms with Gasteiger partial charge in [-0.2, -0.15) is 5.26 Å². The highest BCUT2D eigenvalue weighted by Crippen LogP contribution is 2.27. The summed E-state index contributed by atoms with van der Waals surface area (Å²) in [5, 5.41) is 9.24. The Balaban J connectivity index is 2.08. The first-order valence-electron chi connectivity index (χ1n) is 7.05. The van der Waals surface area contributed by atoms with Gasteiger partial charge in [0.05, 0.1) is 6.07 Å². The van der Waals surface area contributed by atoms with E-state index < -0.39 is 5.41 Å². The minimum Gasteiger partial charge on any atom is -0.340 e. The minimum atomic E-state index is -0.840. The van der Waals surface area contributed by atoms with Gasteiger partial charge >= 0.3 is 0 Å². The van der Waals surface area contributed by atoms with Crippen LogP contribution < -0.4 is 0 Å². The smallest absolute Gasteiger partial charge is 0.242 e. The lowest BCUT2D eigenvalue weighted by Crippen LogP contribution is -2.45. The molecule has 2 fully saturated rings. The maximum absolute atomic E-state index is 12.5. The van der Waals surface area contributed by atoms with Crippen LogP contribution in [0.5, 0.6) is 0 Å². The fraction of sp³-hybridized carbons (Fsp3) is 0.857. The molecule has 18 heavy (non-hydrogen) atoms. The molecule has 0 aromatic rings. The molecule has 2 heterocycles. The van der Waals surface area contributed by atoms with E-state index >= 15 is 0 Å². The summed E-state index contributed by atoms with van der Waals surface area (Å²) in [7, 11) is 0. The molecule has 0 aromatic carbocycles. The Labute approximate surface area is 110 Å². The van der Waals surface area contributed by atoms with Crippen LogP contribution in [0.1, 0.15) is 39.5 Å². The first-order chi connectivity index (χ1) is 8.60. The first kappa shape index (κ1) is 13.4. The average molecular weight is 249 g/mol. The number of nitrogens with zero attached hydrogens (tertiary/aromatic N) is 3. The summed E-state index contributed by atoms with van der Waals surface area (Å²) in [6, 6.07) is 2.72. The standard InChI is InChI=1S/C14H23N3O/c1-3-14(2,11-15)13(18)17-9-5-8-16-7-4-6-12(16)10-17/h12H,3-10H2,1-2H3. The summed E-state index contributed by atoms with van der Waals surface area (Å²) in [4.78, 5) is 16.9. The van der Waals surface area contributed by atoms with E-state index in [0.29, 0.717) is 12.5 Å². The van der Waals surface area contributed by atoms with Crippen LogP contribution >= 0.6 is 0 Å². The molecule has 0 saturated carbocycles. The second-order valence-electron chi connectivity index (χ2n) is 5.73. The van der Waals surface area contributed by atoms with E-state index in [4.69, 9.17) is 0 Å². The van der Waals surface area contributed by atoms with E-state index in [1.54, 1.807) is 6.92 Å². The van der Waals surface area contributed by atoms with Crippen molar-refractivity contribution >= 4 is 5.91 Å². The Morgan fingerprint density at radius 1 is 1.39 bits per heavy atom. The molecule has 2 rings (SSSR count). The average Bonchev–Trinajstić information content (AvgIpc) is 2.74. The summed E-state index contributed by atoms with van der Waals surface area (Å²) in [5.41, 5.74) is -0.840. The van der Waals surface area contributed by atoms with Gasteiger partial charge in [0.15, 0.2) is 0 Å². The Kier molecular flexibility index (Phi) is 3.91. The molecule has 0 spiro atoms. The monoisotopic (exact) mass is 249 g/mol. The molecule has 4 heteroatoms. The number of nitriles is 1. The fourth-order valence-corrected chi connectivity index (χ4v) is 3.02. The van der Waals surface area contributed by atoms with Gasteiger partial charge in [-0.1, -0.05) is 6.92 Å². The van der Waals surface area contributed by atoms with Gasteiger partial charge in [-0.25, -0.2) is 0 Å². The molecule has 2 aliphatic rings.